The Labute approximate surface area is 110 Å². The van der Waals surface area contributed by atoms with E-state index in [9.17, 15) is 0 Å². The van der Waals surface area contributed by atoms with Gasteiger partial charge in [-0.15, -0.1) is 0 Å². The van der Waals surface area contributed by atoms with Gasteiger partial charge in [-0.2, -0.15) is 15.0 Å². The zero-order chi connectivity index (χ0) is 13.0. The summed E-state index contributed by atoms with van der Waals surface area (Å²) in [5, 5.41) is 0.656. The lowest BCUT2D eigenvalue weighted by atomic mass is 10.2. The van der Waals surface area contributed by atoms with Gasteiger partial charge in [0.1, 0.15) is 0 Å². The summed E-state index contributed by atoms with van der Waals surface area (Å²) in [6.45, 7) is 2.55. The van der Waals surface area contributed by atoms with Crippen LogP contribution in [-0.4, -0.2) is 21.6 Å². The number of ether oxygens (including phenoxy) is 1. The summed E-state index contributed by atoms with van der Waals surface area (Å²) in [5.41, 5.74) is 6.44. The summed E-state index contributed by atoms with van der Waals surface area (Å²) >= 11 is 5.83. The molecule has 5 nitrogen and oxygen atoms in total. The van der Waals surface area contributed by atoms with Gasteiger partial charge in [0.05, 0.1) is 6.61 Å². The third kappa shape index (κ3) is 3.07. The highest BCUT2D eigenvalue weighted by Crippen LogP contribution is 2.20. The van der Waals surface area contributed by atoms with Gasteiger partial charge < -0.3 is 10.5 Å². The van der Waals surface area contributed by atoms with E-state index in [1.54, 1.807) is 12.1 Å². The van der Waals surface area contributed by atoms with Gasteiger partial charge in [0.15, 0.2) is 5.82 Å². The maximum absolute atomic E-state index is 5.83. The predicted octanol–water partition coefficient (Wildman–Crippen LogP) is 2.56. The minimum Gasteiger partial charge on any atom is -0.463 e. The van der Waals surface area contributed by atoms with E-state index in [1.807, 2.05) is 19.1 Å². The molecule has 0 unspecified atom stereocenters. The van der Waals surface area contributed by atoms with Crippen molar-refractivity contribution in [3.63, 3.8) is 0 Å². The first-order valence-corrected chi connectivity index (χ1v) is 5.97. The molecule has 2 aromatic rings. The summed E-state index contributed by atoms with van der Waals surface area (Å²) in [7, 11) is 0. The largest absolute Gasteiger partial charge is 0.463 e. The number of hydrogen-bond donors (Lipinski definition) is 1. The van der Waals surface area contributed by atoms with Crippen LogP contribution in [0.4, 0.5) is 5.95 Å². The van der Waals surface area contributed by atoms with Crippen LogP contribution in [0.3, 0.4) is 0 Å². The van der Waals surface area contributed by atoms with Crippen molar-refractivity contribution in [3.8, 4) is 17.4 Å². The second-order valence-electron chi connectivity index (χ2n) is 3.66. The monoisotopic (exact) mass is 264 g/mol. The van der Waals surface area contributed by atoms with E-state index in [0.29, 0.717) is 17.5 Å². The van der Waals surface area contributed by atoms with Gasteiger partial charge in [0.2, 0.25) is 5.95 Å². The molecule has 1 aromatic carbocycles. The molecule has 0 bridgehead atoms. The molecule has 1 heterocycles. The average molecular weight is 265 g/mol. The van der Waals surface area contributed by atoms with Crippen molar-refractivity contribution in [3.05, 3.63) is 29.3 Å². The number of nitrogen functional groups attached to an aromatic ring is 1. The van der Waals surface area contributed by atoms with Crippen LogP contribution >= 0.6 is 11.6 Å². The third-order valence-electron chi connectivity index (χ3n) is 2.17. The predicted molar refractivity (Wildman–Crippen MR) is 70.5 cm³/mol. The molecule has 2 rings (SSSR count). The first-order valence-electron chi connectivity index (χ1n) is 5.59. The zero-order valence-electron chi connectivity index (χ0n) is 9.93. The van der Waals surface area contributed by atoms with Crippen molar-refractivity contribution in [1.29, 1.82) is 0 Å². The Balaban J connectivity index is 2.32. The molecule has 1 aromatic heterocycles. The van der Waals surface area contributed by atoms with Crippen LogP contribution in [0.15, 0.2) is 24.3 Å². The van der Waals surface area contributed by atoms with E-state index in [1.165, 1.54) is 0 Å². The molecule has 0 atom stereocenters. The highest BCUT2D eigenvalue weighted by molar-refractivity contribution is 6.30. The molecule has 94 valence electrons. The molecular weight excluding hydrogens is 252 g/mol. The van der Waals surface area contributed by atoms with Crippen molar-refractivity contribution in [2.45, 2.75) is 13.3 Å². The van der Waals surface area contributed by atoms with Crippen LogP contribution in [0.2, 0.25) is 5.02 Å². The molecule has 0 aliphatic carbocycles. The Morgan fingerprint density at radius 3 is 2.56 bits per heavy atom. The highest BCUT2D eigenvalue weighted by atomic mass is 35.5. The van der Waals surface area contributed by atoms with Crippen LogP contribution in [0, 0.1) is 0 Å². The Kier molecular flexibility index (Phi) is 3.94. The van der Waals surface area contributed by atoms with Gasteiger partial charge in [-0.1, -0.05) is 18.5 Å². The average Bonchev–Trinajstić information content (AvgIpc) is 2.36. The van der Waals surface area contributed by atoms with Gasteiger partial charge in [-0.05, 0) is 30.7 Å². The first kappa shape index (κ1) is 12.6. The quantitative estimate of drug-likeness (QED) is 0.919. The van der Waals surface area contributed by atoms with Gasteiger partial charge in [0.25, 0.3) is 0 Å². The normalized spacial score (nSPS) is 10.3. The fraction of sp³-hybridized carbons (Fsp3) is 0.250. The lowest BCUT2D eigenvalue weighted by Gasteiger charge is -2.05. The molecule has 0 radical (unpaired) electrons. The molecule has 0 spiro atoms. The fourth-order valence-corrected chi connectivity index (χ4v) is 1.48. The fourth-order valence-electron chi connectivity index (χ4n) is 1.36. The SMILES string of the molecule is CCCOc1nc(N)nc(-c2ccc(Cl)cc2)n1. The number of anilines is 1. The van der Waals surface area contributed by atoms with Crippen molar-refractivity contribution < 1.29 is 4.74 Å². The second-order valence-corrected chi connectivity index (χ2v) is 4.09. The van der Waals surface area contributed by atoms with Crippen LogP contribution in [0.25, 0.3) is 11.4 Å². The lowest BCUT2D eigenvalue weighted by Crippen LogP contribution is -2.05. The Hall–Kier alpha value is -1.88. The molecule has 0 saturated carbocycles. The van der Waals surface area contributed by atoms with Gasteiger partial charge in [-0.3, -0.25) is 0 Å². The van der Waals surface area contributed by atoms with Crippen molar-refractivity contribution in [2.24, 2.45) is 0 Å². The van der Waals surface area contributed by atoms with Crippen LogP contribution in [0.1, 0.15) is 13.3 Å². The molecule has 6 heteroatoms. The zero-order valence-corrected chi connectivity index (χ0v) is 10.7. The van der Waals surface area contributed by atoms with Gasteiger partial charge in [0, 0.05) is 10.6 Å². The van der Waals surface area contributed by atoms with E-state index >= 15 is 0 Å². The topological polar surface area (TPSA) is 73.9 Å². The lowest BCUT2D eigenvalue weighted by molar-refractivity contribution is 0.292. The second kappa shape index (κ2) is 5.64. The maximum atomic E-state index is 5.83. The minimum atomic E-state index is 0.140. The standard InChI is InChI=1S/C12H13ClN4O/c1-2-7-18-12-16-10(15-11(14)17-12)8-3-5-9(13)6-4-8/h3-6H,2,7H2,1H3,(H2,14,15,16,17). The van der Waals surface area contributed by atoms with Crippen molar-refractivity contribution in [1.82, 2.24) is 15.0 Å². The molecule has 0 saturated heterocycles. The Morgan fingerprint density at radius 2 is 1.89 bits per heavy atom. The van der Waals surface area contributed by atoms with E-state index in [0.717, 1.165) is 12.0 Å². The number of hydrogen-bond acceptors (Lipinski definition) is 5. The van der Waals surface area contributed by atoms with Crippen LogP contribution in [-0.2, 0) is 0 Å². The number of benzene rings is 1. The van der Waals surface area contributed by atoms with Crippen LogP contribution in [0.5, 0.6) is 6.01 Å². The van der Waals surface area contributed by atoms with Crippen molar-refractivity contribution in [2.75, 3.05) is 12.3 Å². The molecular formula is C12H13ClN4O. The summed E-state index contributed by atoms with van der Waals surface area (Å²) < 4.78 is 5.35. The number of nitrogens with zero attached hydrogens (tertiary/aromatic N) is 3. The summed E-state index contributed by atoms with van der Waals surface area (Å²) in [6.07, 6.45) is 0.877. The highest BCUT2D eigenvalue weighted by Gasteiger charge is 2.07. The molecule has 18 heavy (non-hydrogen) atoms. The van der Waals surface area contributed by atoms with E-state index in [2.05, 4.69) is 15.0 Å². The van der Waals surface area contributed by atoms with Crippen LogP contribution < -0.4 is 10.5 Å². The van der Waals surface area contributed by atoms with E-state index in [-0.39, 0.29) is 12.0 Å². The molecule has 0 aliphatic rings. The molecule has 0 amide bonds. The van der Waals surface area contributed by atoms with E-state index < -0.39 is 0 Å². The molecule has 2 N–H and O–H groups in total. The van der Waals surface area contributed by atoms with Gasteiger partial charge in [-0.25, -0.2) is 0 Å². The summed E-state index contributed by atoms with van der Waals surface area (Å²) in [6, 6.07) is 7.42. The van der Waals surface area contributed by atoms with Gasteiger partial charge >= 0.3 is 6.01 Å². The minimum absolute atomic E-state index is 0.140. The first-order chi connectivity index (χ1) is 8.69. The Morgan fingerprint density at radius 1 is 1.17 bits per heavy atom. The Bertz CT molecular complexity index is 530. The molecule has 0 aliphatic heterocycles. The smallest absolute Gasteiger partial charge is 0.321 e. The maximum Gasteiger partial charge on any atom is 0.321 e. The summed E-state index contributed by atoms with van der Waals surface area (Å²) in [4.78, 5) is 12.2. The summed E-state index contributed by atoms with van der Waals surface area (Å²) in [5.74, 6) is 0.617. The molecule has 0 fully saturated rings. The number of rotatable bonds is 4. The number of halogens is 1. The number of aromatic nitrogens is 3. The number of nitrogens with two attached hydrogens (primary N) is 1. The van der Waals surface area contributed by atoms with Crippen molar-refractivity contribution >= 4 is 17.5 Å². The van der Waals surface area contributed by atoms with E-state index in [4.69, 9.17) is 22.1 Å². The third-order valence-corrected chi connectivity index (χ3v) is 2.42.